The molecule has 41 heavy (non-hydrogen) atoms. The van der Waals surface area contributed by atoms with Crippen LogP contribution in [0.25, 0.3) is 11.3 Å². The highest BCUT2D eigenvalue weighted by molar-refractivity contribution is 7.14. The van der Waals surface area contributed by atoms with Gasteiger partial charge in [-0.25, -0.2) is 4.98 Å². The molecular weight excluding hydrogens is 545 g/mol. The van der Waals surface area contributed by atoms with Crippen LogP contribution in [0, 0.1) is 17.0 Å². The van der Waals surface area contributed by atoms with Crippen LogP contribution in [0.1, 0.15) is 44.5 Å². The van der Waals surface area contributed by atoms with Crippen molar-refractivity contribution in [1.29, 1.82) is 0 Å². The SMILES string of the molecule is CC(C)=C[C@@H]1CN(C(=O)[C@H](CC(C)C)NC(=O)c2ccc(-c3nc(N4CCNCC4)sc3F)cc2)[C@@H]2C(=O)CO[C@H]12. The number of rotatable bonds is 8. The highest BCUT2D eigenvalue weighted by Gasteiger charge is 2.52. The molecule has 0 radical (unpaired) electrons. The smallest absolute Gasteiger partial charge is 0.251 e. The van der Waals surface area contributed by atoms with Crippen LogP contribution in [0.2, 0.25) is 0 Å². The Kier molecular flexibility index (Phi) is 8.86. The zero-order valence-corrected chi connectivity index (χ0v) is 24.8. The Morgan fingerprint density at radius 2 is 1.93 bits per heavy atom. The van der Waals surface area contributed by atoms with Crippen molar-refractivity contribution in [1.82, 2.24) is 20.5 Å². The fraction of sp³-hybridized carbons (Fsp3) is 0.533. The van der Waals surface area contributed by atoms with Crippen LogP contribution in [0.4, 0.5) is 9.52 Å². The maximum Gasteiger partial charge on any atom is 0.251 e. The number of hydrogen-bond donors (Lipinski definition) is 2. The third-order valence-electron chi connectivity index (χ3n) is 7.75. The van der Waals surface area contributed by atoms with E-state index < -0.39 is 18.0 Å². The van der Waals surface area contributed by atoms with Crippen LogP contribution in [0.15, 0.2) is 35.9 Å². The largest absolute Gasteiger partial charge is 0.367 e. The average Bonchev–Trinajstić information content (AvgIpc) is 3.63. The molecule has 4 atom stereocenters. The van der Waals surface area contributed by atoms with Crippen molar-refractivity contribution in [3.63, 3.8) is 0 Å². The summed E-state index contributed by atoms with van der Waals surface area (Å²) in [6.07, 6.45) is 2.12. The van der Waals surface area contributed by atoms with Gasteiger partial charge in [-0.1, -0.05) is 49.0 Å². The van der Waals surface area contributed by atoms with Gasteiger partial charge in [0.2, 0.25) is 11.0 Å². The lowest BCUT2D eigenvalue weighted by molar-refractivity contribution is -0.138. The van der Waals surface area contributed by atoms with Gasteiger partial charge in [-0.15, -0.1) is 0 Å². The van der Waals surface area contributed by atoms with E-state index in [1.54, 1.807) is 29.2 Å². The standard InChI is InChI=1S/C30H38FN5O4S/c1-17(2)13-21-15-36(25-23(37)16-40-26(21)25)29(39)22(14-18(3)4)33-28(38)20-7-5-19(6-8-20)24-27(31)41-30(34-24)35-11-9-32-10-12-35/h5-8,13,18,21-22,25-26,32H,9-12,14-16H2,1-4H3,(H,33,38)/t21-,22+,25-,26-/m1/s1. The zero-order chi connectivity index (χ0) is 29.3. The van der Waals surface area contributed by atoms with E-state index in [1.807, 2.05) is 27.7 Å². The Balaban J connectivity index is 1.30. The first-order chi connectivity index (χ1) is 19.6. The number of nitrogens with zero attached hydrogens (tertiary/aromatic N) is 3. The minimum atomic E-state index is -0.792. The van der Waals surface area contributed by atoms with Crippen molar-refractivity contribution < 1.29 is 23.5 Å². The van der Waals surface area contributed by atoms with Crippen LogP contribution >= 0.6 is 11.3 Å². The molecule has 3 aliphatic rings. The second-order valence-electron chi connectivity index (χ2n) is 11.7. The quantitative estimate of drug-likeness (QED) is 0.460. The molecule has 0 unspecified atom stereocenters. The maximum absolute atomic E-state index is 14.8. The Hall–Kier alpha value is -3.15. The molecule has 0 aliphatic carbocycles. The number of Topliss-reactive ketones (excluding diaryl/α,β-unsaturated/α-hetero) is 1. The van der Waals surface area contributed by atoms with Crippen molar-refractivity contribution >= 4 is 34.1 Å². The van der Waals surface area contributed by atoms with Crippen molar-refractivity contribution in [3.05, 3.63) is 46.6 Å². The van der Waals surface area contributed by atoms with Crippen molar-refractivity contribution in [2.24, 2.45) is 11.8 Å². The summed E-state index contributed by atoms with van der Waals surface area (Å²) >= 11 is 1.03. The molecule has 3 aliphatic heterocycles. The monoisotopic (exact) mass is 583 g/mol. The summed E-state index contributed by atoms with van der Waals surface area (Å²) in [6.45, 7) is 11.5. The number of allylic oxidation sites excluding steroid dienone is 1. The number of nitrogens with one attached hydrogen (secondary N) is 2. The topological polar surface area (TPSA) is 104 Å². The molecular formula is C30H38FN5O4S. The zero-order valence-electron chi connectivity index (χ0n) is 24.0. The van der Waals surface area contributed by atoms with Crippen LogP contribution in [0.3, 0.4) is 0 Å². The van der Waals surface area contributed by atoms with E-state index in [-0.39, 0.29) is 47.1 Å². The van der Waals surface area contributed by atoms with Crippen molar-refractivity contribution in [2.75, 3.05) is 44.2 Å². The number of ketones is 1. The van der Waals surface area contributed by atoms with E-state index in [0.717, 1.165) is 43.1 Å². The van der Waals surface area contributed by atoms with Gasteiger partial charge in [0, 0.05) is 49.8 Å². The molecule has 11 heteroatoms. The Morgan fingerprint density at radius 1 is 1.22 bits per heavy atom. The molecule has 220 valence electrons. The highest BCUT2D eigenvalue weighted by atomic mass is 32.1. The molecule has 2 aromatic rings. The number of aromatic nitrogens is 1. The summed E-state index contributed by atoms with van der Waals surface area (Å²) in [7, 11) is 0. The first-order valence-electron chi connectivity index (χ1n) is 14.3. The van der Waals surface area contributed by atoms with Gasteiger partial charge < -0.3 is 25.2 Å². The van der Waals surface area contributed by atoms with E-state index in [0.29, 0.717) is 29.2 Å². The number of likely N-dealkylation sites (tertiary alicyclic amines) is 1. The number of anilines is 1. The summed E-state index contributed by atoms with van der Waals surface area (Å²) in [4.78, 5) is 48.0. The summed E-state index contributed by atoms with van der Waals surface area (Å²) < 4.78 is 20.6. The Morgan fingerprint density at radius 3 is 2.59 bits per heavy atom. The Labute approximate surface area is 244 Å². The average molecular weight is 584 g/mol. The molecule has 1 aromatic carbocycles. The van der Waals surface area contributed by atoms with Crippen LogP contribution < -0.4 is 15.5 Å². The summed E-state index contributed by atoms with van der Waals surface area (Å²) in [6, 6.07) is 5.17. The second-order valence-corrected chi connectivity index (χ2v) is 12.6. The summed E-state index contributed by atoms with van der Waals surface area (Å²) in [5.41, 5.74) is 2.30. The number of ether oxygens (including phenoxy) is 1. The molecule has 3 fully saturated rings. The molecule has 1 aromatic heterocycles. The predicted molar refractivity (Wildman–Crippen MR) is 156 cm³/mol. The molecule has 2 N–H and O–H groups in total. The molecule has 0 bridgehead atoms. The van der Waals surface area contributed by atoms with E-state index >= 15 is 0 Å². The van der Waals surface area contributed by atoms with Gasteiger partial charge in [0.05, 0.1) is 6.10 Å². The summed E-state index contributed by atoms with van der Waals surface area (Å²) in [5.74, 6) is -0.714. The number of carbonyl (C=O) groups excluding carboxylic acids is 3. The van der Waals surface area contributed by atoms with Crippen molar-refractivity contribution in [2.45, 2.75) is 52.3 Å². The lowest BCUT2D eigenvalue weighted by Gasteiger charge is -2.28. The summed E-state index contributed by atoms with van der Waals surface area (Å²) in [5, 5.41) is 6.48. The van der Waals surface area contributed by atoms with Crippen LogP contribution in [-0.2, 0) is 14.3 Å². The van der Waals surface area contributed by atoms with E-state index in [2.05, 4.69) is 26.6 Å². The van der Waals surface area contributed by atoms with Gasteiger partial charge in [-0.05, 0) is 38.3 Å². The number of carbonyl (C=O) groups is 3. The number of benzene rings is 1. The van der Waals surface area contributed by atoms with Crippen LogP contribution in [0.5, 0.6) is 0 Å². The number of fused-ring (bicyclic) bond motifs is 1. The van der Waals surface area contributed by atoms with E-state index in [9.17, 15) is 18.8 Å². The third-order valence-corrected chi connectivity index (χ3v) is 8.65. The van der Waals surface area contributed by atoms with Gasteiger partial charge in [0.15, 0.2) is 10.9 Å². The number of halogens is 1. The van der Waals surface area contributed by atoms with Gasteiger partial charge in [-0.3, -0.25) is 14.4 Å². The van der Waals surface area contributed by atoms with Gasteiger partial charge >= 0.3 is 0 Å². The predicted octanol–water partition coefficient (Wildman–Crippen LogP) is 3.26. The molecule has 0 saturated carbocycles. The van der Waals surface area contributed by atoms with Crippen LogP contribution in [-0.4, -0.2) is 85.0 Å². The molecule has 2 amide bonds. The maximum atomic E-state index is 14.8. The first-order valence-corrected chi connectivity index (χ1v) is 15.1. The molecule has 3 saturated heterocycles. The lowest BCUT2D eigenvalue weighted by Crippen LogP contribution is -2.52. The molecule has 0 spiro atoms. The minimum Gasteiger partial charge on any atom is -0.367 e. The number of thiazole rings is 1. The van der Waals surface area contributed by atoms with Gasteiger partial charge in [-0.2, -0.15) is 4.39 Å². The molecule has 5 rings (SSSR count). The fourth-order valence-corrected chi connectivity index (χ4v) is 6.74. The first kappa shape index (κ1) is 29.3. The Bertz CT molecular complexity index is 1320. The highest BCUT2D eigenvalue weighted by Crippen LogP contribution is 2.34. The molecule has 4 heterocycles. The lowest BCUT2D eigenvalue weighted by atomic mass is 9.99. The number of piperazine rings is 1. The minimum absolute atomic E-state index is 0.00389. The van der Waals surface area contributed by atoms with E-state index in [1.165, 1.54) is 0 Å². The second kappa shape index (κ2) is 12.4. The fourth-order valence-electron chi connectivity index (χ4n) is 5.87. The normalized spacial score (nSPS) is 23.1. The molecule has 9 nitrogen and oxygen atoms in total. The third kappa shape index (κ3) is 6.37. The van der Waals surface area contributed by atoms with Crippen molar-refractivity contribution in [3.8, 4) is 11.3 Å². The number of amides is 2. The van der Waals surface area contributed by atoms with Gasteiger partial charge in [0.1, 0.15) is 24.4 Å². The van der Waals surface area contributed by atoms with E-state index in [4.69, 9.17) is 4.74 Å². The van der Waals surface area contributed by atoms with Gasteiger partial charge in [0.25, 0.3) is 5.91 Å². The number of hydrogen-bond acceptors (Lipinski definition) is 8.